The quantitative estimate of drug-likeness (QED) is 0.657. The van der Waals surface area contributed by atoms with Crippen molar-refractivity contribution in [1.29, 1.82) is 0 Å². The van der Waals surface area contributed by atoms with Gasteiger partial charge in [0.2, 0.25) is 5.91 Å². The molecule has 1 aliphatic rings. The van der Waals surface area contributed by atoms with Crippen molar-refractivity contribution in [2.45, 2.75) is 0 Å². The molecule has 24 heavy (non-hydrogen) atoms. The maximum Gasteiger partial charge on any atom is 0.329 e. The zero-order valence-corrected chi connectivity index (χ0v) is 13.0. The van der Waals surface area contributed by atoms with Gasteiger partial charge in [-0.15, -0.1) is 0 Å². The van der Waals surface area contributed by atoms with Gasteiger partial charge in [0.15, 0.2) is 0 Å². The zero-order valence-electron chi connectivity index (χ0n) is 12.3. The Kier molecular flexibility index (Phi) is 4.35. The number of carbonyl (C=O) groups is 3. The van der Waals surface area contributed by atoms with Crippen LogP contribution in [0.25, 0.3) is 6.08 Å². The molecule has 0 bridgehead atoms. The molecule has 7 nitrogen and oxygen atoms in total. The molecule has 0 atom stereocenters. The molecule has 1 saturated heterocycles. The minimum atomic E-state index is -0.663. The summed E-state index contributed by atoms with van der Waals surface area (Å²) in [6.07, 6.45) is 2.85. The van der Waals surface area contributed by atoms with E-state index in [1.807, 2.05) is 0 Å². The van der Waals surface area contributed by atoms with E-state index >= 15 is 0 Å². The number of nitrogens with one attached hydrogen (secondary N) is 2. The van der Waals surface area contributed by atoms with Crippen LogP contribution in [0.1, 0.15) is 5.76 Å². The van der Waals surface area contributed by atoms with Crippen molar-refractivity contribution in [2.24, 2.45) is 0 Å². The van der Waals surface area contributed by atoms with Gasteiger partial charge in [-0.25, -0.2) is 9.69 Å². The number of amides is 4. The fourth-order valence-corrected chi connectivity index (χ4v) is 2.23. The number of imide groups is 1. The molecule has 1 aromatic heterocycles. The van der Waals surface area contributed by atoms with Crippen LogP contribution in [0.2, 0.25) is 5.02 Å². The molecule has 0 aliphatic carbocycles. The summed E-state index contributed by atoms with van der Waals surface area (Å²) in [6.45, 7) is -0.400. The molecule has 0 spiro atoms. The van der Waals surface area contributed by atoms with Crippen molar-refractivity contribution in [1.82, 2.24) is 10.2 Å². The first-order chi connectivity index (χ1) is 11.5. The Morgan fingerprint density at radius 2 is 2.00 bits per heavy atom. The largest absolute Gasteiger partial charge is 0.465 e. The second-order valence-electron chi connectivity index (χ2n) is 4.95. The summed E-state index contributed by atoms with van der Waals surface area (Å²) < 4.78 is 5.10. The van der Waals surface area contributed by atoms with Crippen LogP contribution in [0.5, 0.6) is 0 Å². The van der Waals surface area contributed by atoms with E-state index in [1.165, 1.54) is 12.3 Å². The van der Waals surface area contributed by atoms with E-state index < -0.39 is 24.4 Å². The van der Waals surface area contributed by atoms with E-state index in [2.05, 4.69) is 10.6 Å². The second kappa shape index (κ2) is 6.59. The molecule has 0 radical (unpaired) electrons. The van der Waals surface area contributed by atoms with E-state index in [9.17, 15) is 14.4 Å². The van der Waals surface area contributed by atoms with Gasteiger partial charge in [0.05, 0.1) is 6.26 Å². The summed E-state index contributed by atoms with van der Waals surface area (Å²) in [5, 5.41) is 5.53. The first-order valence-corrected chi connectivity index (χ1v) is 7.34. The molecule has 4 amide bonds. The average molecular weight is 346 g/mol. The highest BCUT2D eigenvalue weighted by Crippen LogP contribution is 2.16. The maximum atomic E-state index is 12.2. The van der Waals surface area contributed by atoms with Crippen LogP contribution >= 0.6 is 11.6 Å². The highest BCUT2D eigenvalue weighted by atomic mass is 35.5. The van der Waals surface area contributed by atoms with Crippen molar-refractivity contribution >= 4 is 41.2 Å². The lowest BCUT2D eigenvalue weighted by Gasteiger charge is -2.11. The van der Waals surface area contributed by atoms with E-state index in [1.54, 1.807) is 36.4 Å². The maximum absolute atomic E-state index is 12.2. The number of carbonyl (C=O) groups excluding carboxylic acids is 3. The lowest BCUT2D eigenvalue weighted by atomic mass is 10.3. The summed E-state index contributed by atoms with van der Waals surface area (Å²) in [7, 11) is 0. The third kappa shape index (κ3) is 3.47. The van der Waals surface area contributed by atoms with Gasteiger partial charge in [-0.2, -0.15) is 0 Å². The number of nitrogens with zero attached hydrogens (tertiary/aromatic N) is 1. The van der Waals surface area contributed by atoms with Gasteiger partial charge in [-0.3, -0.25) is 9.59 Å². The number of rotatable bonds is 4. The average Bonchev–Trinajstić information content (AvgIpc) is 3.14. The predicted molar refractivity (Wildman–Crippen MR) is 87.0 cm³/mol. The highest BCUT2D eigenvalue weighted by molar-refractivity contribution is 6.30. The predicted octanol–water partition coefficient (Wildman–Crippen LogP) is 2.46. The van der Waals surface area contributed by atoms with Crippen molar-refractivity contribution in [2.75, 3.05) is 11.9 Å². The number of furan rings is 1. The molecule has 0 unspecified atom stereocenters. The van der Waals surface area contributed by atoms with Crippen LogP contribution in [-0.4, -0.2) is 29.3 Å². The Labute approximate surface area is 141 Å². The molecular formula is C16H12ClN3O4. The van der Waals surface area contributed by atoms with Crippen LogP contribution < -0.4 is 10.6 Å². The monoisotopic (exact) mass is 345 g/mol. The van der Waals surface area contributed by atoms with Crippen LogP contribution in [0.4, 0.5) is 10.5 Å². The van der Waals surface area contributed by atoms with Crippen molar-refractivity contribution in [3.63, 3.8) is 0 Å². The summed E-state index contributed by atoms with van der Waals surface area (Å²) in [6, 6.07) is 9.12. The summed E-state index contributed by atoms with van der Waals surface area (Å²) >= 11 is 5.77. The van der Waals surface area contributed by atoms with E-state index in [0.717, 1.165) is 4.90 Å². The standard InChI is InChI=1S/C16H12ClN3O4/c17-10-3-5-11(6-4-10)18-14(21)9-20-15(22)13(19-16(20)23)8-12-2-1-7-24-12/h1-8H,9H2,(H,18,21)(H,19,23)/b13-8-. The molecule has 122 valence electrons. The minimum Gasteiger partial charge on any atom is -0.465 e. The molecule has 2 N–H and O–H groups in total. The van der Waals surface area contributed by atoms with Gasteiger partial charge < -0.3 is 15.1 Å². The molecule has 3 rings (SSSR count). The van der Waals surface area contributed by atoms with Gasteiger partial charge in [0, 0.05) is 16.8 Å². The Bertz CT molecular complexity index is 812. The first kappa shape index (κ1) is 15.8. The minimum absolute atomic E-state index is 0.0502. The zero-order chi connectivity index (χ0) is 17.1. The van der Waals surface area contributed by atoms with Crippen molar-refractivity contribution < 1.29 is 18.8 Å². The van der Waals surface area contributed by atoms with E-state index in [0.29, 0.717) is 16.5 Å². The number of hydrogen-bond donors (Lipinski definition) is 2. The van der Waals surface area contributed by atoms with Crippen LogP contribution in [0.3, 0.4) is 0 Å². The van der Waals surface area contributed by atoms with Crippen LogP contribution in [0.15, 0.2) is 52.8 Å². The van der Waals surface area contributed by atoms with Gasteiger partial charge in [-0.05, 0) is 36.4 Å². The number of urea groups is 1. The van der Waals surface area contributed by atoms with Crippen LogP contribution in [-0.2, 0) is 9.59 Å². The fourth-order valence-electron chi connectivity index (χ4n) is 2.11. The Morgan fingerprint density at radius 1 is 1.25 bits per heavy atom. The van der Waals surface area contributed by atoms with Gasteiger partial charge >= 0.3 is 6.03 Å². The second-order valence-corrected chi connectivity index (χ2v) is 5.39. The lowest BCUT2D eigenvalue weighted by molar-refractivity contribution is -0.127. The smallest absolute Gasteiger partial charge is 0.329 e. The van der Waals surface area contributed by atoms with E-state index in [4.69, 9.17) is 16.0 Å². The number of anilines is 1. The fraction of sp³-hybridized carbons (Fsp3) is 0.0625. The van der Waals surface area contributed by atoms with E-state index in [-0.39, 0.29) is 5.70 Å². The SMILES string of the molecule is O=C(CN1C(=O)N/C(=C\c2ccco2)C1=O)Nc1ccc(Cl)cc1. The molecule has 1 aliphatic heterocycles. The molecule has 1 fully saturated rings. The Morgan fingerprint density at radius 3 is 2.67 bits per heavy atom. The normalized spacial score (nSPS) is 15.7. The molecule has 1 aromatic carbocycles. The Hall–Kier alpha value is -3.06. The summed E-state index contributed by atoms with van der Waals surface area (Å²) in [5.41, 5.74) is 0.567. The molecule has 2 heterocycles. The van der Waals surface area contributed by atoms with Crippen molar-refractivity contribution in [3.05, 3.63) is 59.1 Å². The van der Waals surface area contributed by atoms with Crippen molar-refractivity contribution in [3.8, 4) is 0 Å². The summed E-state index contributed by atoms with van der Waals surface area (Å²) in [4.78, 5) is 36.9. The highest BCUT2D eigenvalue weighted by Gasteiger charge is 2.35. The molecular weight excluding hydrogens is 334 g/mol. The number of hydrogen-bond acceptors (Lipinski definition) is 4. The molecule has 0 saturated carbocycles. The lowest BCUT2D eigenvalue weighted by Crippen LogP contribution is -2.38. The summed E-state index contributed by atoms with van der Waals surface area (Å²) in [5.74, 6) is -0.672. The van der Waals surface area contributed by atoms with Gasteiger partial charge in [0.1, 0.15) is 18.0 Å². The molecule has 8 heteroatoms. The van der Waals surface area contributed by atoms with Crippen LogP contribution in [0, 0.1) is 0 Å². The number of benzene rings is 1. The van der Waals surface area contributed by atoms with Gasteiger partial charge in [-0.1, -0.05) is 11.6 Å². The third-order valence-corrected chi connectivity index (χ3v) is 3.47. The Balaban J connectivity index is 1.66. The van der Waals surface area contributed by atoms with Gasteiger partial charge in [0.25, 0.3) is 5.91 Å². The first-order valence-electron chi connectivity index (χ1n) is 6.96. The third-order valence-electron chi connectivity index (χ3n) is 3.22. The molecule has 2 aromatic rings. The topological polar surface area (TPSA) is 91.7 Å². The number of halogens is 1.